The molecule has 0 saturated heterocycles. The Labute approximate surface area is 124 Å². The highest BCUT2D eigenvalue weighted by atomic mass is 35.5. The van der Waals surface area contributed by atoms with Crippen LogP contribution in [0.25, 0.3) is 5.69 Å². The summed E-state index contributed by atoms with van der Waals surface area (Å²) in [4.78, 5) is 26.9. The van der Waals surface area contributed by atoms with E-state index < -0.39 is 0 Å². The van der Waals surface area contributed by atoms with Crippen molar-refractivity contribution in [3.05, 3.63) is 38.6 Å². The topological polar surface area (TPSA) is 64.3 Å². The maximum Gasteiger partial charge on any atom is 0.245 e. The second-order valence-corrected chi connectivity index (χ2v) is 5.54. The van der Waals surface area contributed by atoms with E-state index in [-0.39, 0.29) is 11.7 Å². The van der Waals surface area contributed by atoms with Crippen molar-refractivity contribution in [3.63, 3.8) is 0 Å². The minimum absolute atomic E-state index is 0.173. The van der Waals surface area contributed by atoms with Gasteiger partial charge in [0.25, 0.3) is 0 Å². The zero-order valence-electron chi connectivity index (χ0n) is 11.2. The first kappa shape index (κ1) is 14.6. The minimum Gasteiger partial charge on any atom is -0.292 e. The van der Waals surface area contributed by atoms with Crippen LogP contribution < -0.4 is 4.80 Å². The highest BCUT2D eigenvalue weighted by molar-refractivity contribution is 7.11. The van der Waals surface area contributed by atoms with Crippen molar-refractivity contribution in [1.29, 1.82) is 0 Å². The molecule has 1 aromatic carbocycles. The van der Waals surface area contributed by atoms with Crippen molar-refractivity contribution in [2.24, 2.45) is 4.99 Å². The van der Waals surface area contributed by atoms with Gasteiger partial charge in [-0.25, -0.2) is 4.68 Å². The Morgan fingerprint density at radius 1 is 1.35 bits per heavy atom. The van der Waals surface area contributed by atoms with Gasteiger partial charge in [-0.05, 0) is 24.6 Å². The van der Waals surface area contributed by atoms with E-state index in [1.54, 1.807) is 12.1 Å². The third-order valence-corrected chi connectivity index (χ3v) is 4.00. The Hall–Kier alpha value is -1.79. The molecule has 0 saturated carbocycles. The van der Waals surface area contributed by atoms with Crippen molar-refractivity contribution in [2.75, 3.05) is 0 Å². The number of hydrogen-bond acceptors (Lipinski definition) is 4. The molecule has 1 heterocycles. The van der Waals surface area contributed by atoms with Crippen molar-refractivity contribution in [3.8, 4) is 5.69 Å². The lowest BCUT2D eigenvalue weighted by molar-refractivity contribution is -0.116. The van der Waals surface area contributed by atoms with E-state index in [9.17, 15) is 9.59 Å². The summed E-state index contributed by atoms with van der Waals surface area (Å²) in [6.45, 7) is 4.61. The van der Waals surface area contributed by atoms with Crippen molar-refractivity contribution in [2.45, 2.75) is 20.8 Å². The molecule has 0 spiro atoms. The van der Waals surface area contributed by atoms with Gasteiger partial charge in [-0.3, -0.25) is 9.59 Å². The predicted molar refractivity (Wildman–Crippen MR) is 77.4 cm³/mol. The van der Waals surface area contributed by atoms with Crippen LogP contribution in [0.5, 0.6) is 0 Å². The molecule has 0 aliphatic rings. The first-order valence-electron chi connectivity index (χ1n) is 5.82. The number of rotatable bonds is 2. The summed E-state index contributed by atoms with van der Waals surface area (Å²) < 4.78 is 1.48. The quantitative estimate of drug-likeness (QED) is 0.801. The maximum absolute atomic E-state index is 11.5. The second-order valence-electron chi connectivity index (χ2n) is 4.17. The molecule has 1 amide bonds. The van der Waals surface area contributed by atoms with E-state index in [2.05, 4.69) is 10.1 Å². The Morgan fingerprint density at radius 3 is 2.65 bits per heavy atom. The summed E-state index contributed by atoms with van der Waals surface area (Å²) >= 11 is 7.17. The summed E-state index contributed by atoms with van der Waals surface area (Å²) in [5.74, 6) is -0.523. The Balaban J connectivity index is 2.76. The molecule has 0 aliphatic carbocycles. The van der Waals surface area contributed by atoms with Gasteiger partial charge in [0.1, 0.15) is 0 Å². The van der Waals surface area contributed by atoms with E-state index in [1.807, 2.05) is 13.0 Å². The molecule has 1 aromatic heterocycles. The molecular formula is C13H12ClN3O2S. The number of ketones is 1. The first-order valence-corrected chi connectivity index (χ1v) is 7.01. The van der Waals surface area contributed by atoms with Gasteiger partial charge in [-0.2, -0.15) is 10.1 Å². The number of carbonyl (C=O) groups is 2. The van der Waals surface area contributed by atoms with Crippen molar-refractivity contribution < 1.29 is 9.59 Å². The van der Waals surface area contributed by atoms with Crippen molar-refractivity contribution in [1.82, 2.24) is 9.78 Å². The lowest BCUT2D eigenvalue weighted by Gasteiger charge is -2.06. The molecule has 0 atom stereocenters. The molecule has 2 rings (SSSR count). The molecular weight excluding hydrogens is 298 g/mol. The summed E-state index contributed by atoms with van der Waals surface area (Å²) in [7, 11) is 0. The standard InChI is InChI=1S/C13H12ClN3O2S/c1-7-10(14)5-4-6-11(7)17-13(15-9(3)19)20-12(16-17)8(2)18/h4-6H,1-3H3. The number of carbonyl (C=O) groups excluding carboxylic acids is 2. The lowest BCUT2D eigenvalue weighted by Crippen LogP contribution is -2.17. The number of nitrogens with zero attached hydrogens (tertiary/aromatic N) is 3. The molecule has 0 N–H and O–H groups in total. The molecule has 104 valence electrons. The molecule has 0 unspecified atom stereocenters. The Kier molecular flexibility index (Phi) is 4.15. The highest BCUT2D eigenvalue weighted by Gasteiger charge is 2.13. The average molecular weight is 310 g/mol. The summed E-state index contributed by atoms with van der Waals surface area (Å²) in [5.41, 5.74) is 1.50. The van der Waals surface area contributed by atoms with Crippen LogP contribution in [-0.4, -0.2) is 21.5 Å². The molecule has 0 fully saturated rings. The number of benzene rings is 1. The van der Waals surface area contributed by atoms with Gasteiger partial charge in [0.15, 0.2) is 10.8 Å². The average Bonchev–Trinajstić information content (AvgIpc) is 2.76. The van der Waals surface area contributed by atoms with Crippen LogP contribution in [-0.2, 0) is 4.79 Å². The monoisotopic (exact) mass is 309 g/mol. The fourth-order valence-electron chi connectivity index (χ4n) is 1.61. The SMILES string of the molecule is CC(=O)N=c1sc(C(C)=O)nn1-c1cccc(Cl)c1C. The van der Waals surface area contributed by atoms with E-state index in [0.717, 1.165) is 16.9 Å². The van der Waals surface area contributed by atoms with Gasteiger partial charge in [0.2, 0.25) is 10.7 Å². The lowest BCUT2D eigenvalue weighted by atomic mass is 10.2. The number of hydrogen-bond donors (Lipinski definition) is 0. The maximum atomic E-state index is 11.5. The third kappa shape index (κ3) is 2.86. The summed E-state index contributed by atoms with van der Waals surface area (Å²) in [6, 6.07) is 5.35. The molecule has 20 heavy (non-hydrogen) atoms. The smallest absolute Gasteiger partial charge is 0.245 e. The molecule has 0 radical (unpaired) electrons. The van der Waals surface area contributed by atoms with E-state index in [0.29, 0.717) is 20.5 Å². The largest absolute Gasteiger partial charge is 0.292 e. The number of halogens is 1. The molecule has 0 bridgehead atoms. The molecule has 0 aliphatic heterocycles. The van der Waals surface area contributed by atoms with Gasteiger partial charge in [0.05, 0.1) is 5.69 Å². The Bertz CT molecular complexity index is 761. The van der Waals surface area contributed by atoms with E-state index in [1.165, 1.54) is 18.5 Å². The van der Waals surface area contributed by atoms with Crippen LogP contribution in [0.3, 0.4) is 0 Å². The van der Waals surface area contributed by atoms with Gasteiger partial charge >= 0.3 is 0 Å². The van der Waals surface area contributed by atoms with Gasteiger partial charge in [0, 0.05) is 18.9 Å². The van der Waals surface area contributed by atoms with Gasteiger partial charge in [-0.1, -0.05) is 29.0 Å². The number of amides is 1. The van der Waals surface area contributed by atoms with Crippen LogP contribution >= 0.6 is 22.9 Å². The zero-order chi connectivity index (χ0) is 14.9. The predicted octanol–water partition coefficient (Wildman–Crippen LogP) is 2.55. The van der Waals surface area contributed by atoms with Crippen LogP contribution in [0.4, 0.5) is 0 Å². The number of Topliss-reactive ketones (excluding diaryl/α,β-unsaturated/α-hetero) is 1. The molecule has 7 heteroatoms. The van der Waals surface area contributed by atoms with E-state index in [4.69, 9.17) is 11.6 Å². The third-order valence-electron chi connectivity index (χ3n) is 2.58. The minimum atomic E-state index is -0.350. The summed E-state index contributed by atoms with van der Waals surface area (Å²) in [5, 5.41) is 5.10. The Morgan fingerprint density at radius 2 is 2.05 bits per heavy atom. The zero-order valence-corrected chi connectivity index (χ0v) is 12.7. The van der Waals surface area contributed by atoms with Crippen LogP contribution in [0.2, 0.25) is 5.02 Å². The first-order chi connectivity index (χ1) is 9.40. The fraction of sp³-hybridized carbons (Fsp3) is 0.231. The van der Waals surface area contributed by atoms with Crippen LogP contribution in [0, 0.1) is 6.92 Å². The fourth-order valence-corrected chi connectivity index (χ4v) is 2.62. The normalized spacial score (nSPS) is 11.7. The highest BCUT2D eigenvalue weighted by Crippen LogP contribution is 2.21. The molecule has 5 nitrogen and oxygen atoms in total. The molecule has 2 aromatic rings. The second kappa shape index (κ2) is 5.68. The van der Waals surface area contributed by atoms with Gasteiger partial charge in [-0.15, -0.1) is 0 Å². The number of aromatic nitrogens is 2. The van der Waals surface area contributed by atoms with Crippen molar-refractivity contribution >= 4 is 34.6 Å². The van der Waals surface area contributed by atoms with Crippen LogP contribution in [0.1, 0.15) is 29.2 Å². The van der Waals surface area contributed by atoms with E-state index >= 15 is 0 Å². The van der Waals surface area contributed by atoms with Crippen LogP contribution in [0.15, 0.2) is 23.2 Å². The van der Waals surface area contributed by atoms with Gasteiger partial charge < -0.3 is 0 Å². The summed E-state index contributed by atoms with van der Waals surface area (Å²) in [6.07, 6.45) is 0.